The predicted octanol–water partition coefficient (Wildman–Crippen LogP) is 2.89. The number of hydrogen-bond acceptors (Lipinski definition) is 5. The van der Waals surface area contributed by atoms with Gasteiger partial charge in [0, 0.05) is 18.3 Å². The zero-order valence-corrected chi connectivity index (χ0v) is 11.8. The Hall–Kier alpha value is -2.14. The summed E-state index contributed by atoms with van der Waals surface area (Å²) in [7, 11) is 0. The van der Waals surface area contributed by atoms with Gasteiger partial charge in [-0.05, 0) is 31.0 Å². The molecule has 2 aromatic rings. The van der Waals surface area contributed by atoms with E-state index in [1.807, 2.05) is 31.2 Å². The summed E-state index contributed by atoms with van der Waals surface area (Å²) < 4.78 is 5.71. The van der Waals surface area contributed by atoms with E-state index < -0.39 is 0 Å². The third kappa shape index (κ3) is 3.93. The Bertz CT molecular complexity index is 556. The van der Waals surface area contributed by atoms with Crippen molar-refractivity contribution >= 4 is 5.95 Å². The van der Waals surface area contributed by atoms with E-state index in [2.05, 4.69) is 22.2 Å². The van der Waals surface area contributed by atoms with Gasteiger partial charge in [-0.15, -0.1) is 0 Å². The largest absolute Gasteiger partial charge is 0.439 e. The van der Waals surface area contributed by atoms with Gasteiger partial charge in [-0.1, -0.05) is 19.1 Å². The third-order valence-corrected chi connectivity index (χ3v) is 2.69. The van der Waals surface area contributed by atoms with Crippen LogP contribution in [-0.4, -0.2) is 21.6 Å². The molecule has 106 valence electrons. The summed E-state index contributed by atoms with van der Waals surface area (Å²) in [6, 6.07) is 9.04. The van der Waals surface area contributed by atoms with Crippen molar-refractivity contribution in [3.63, 3.8) is 0 Å². The Morgan fingerprint density at radius 3 is 2.60 bits per heavy atom. The number of aliphatic hydroxyl groups excluding tert-OH is 1. The van der Waals surface area contributed by atoms with Gasteiger partial charge < -0.3 is 15.2 Å². The minimum Gasteiger partial charge on any atom is -0.439 e. The number of anilines is 1. The fourth-order valence-electron chi connectivity index (χ4n) is 1.69. The molecule has 0 atom stereocenters. The summed E-state index contributed by atoms with van der Waals surface area (Å²) >= 11 is 0. The fraction of sp³-hybridized carbons (Fsp3) is 0.333. The highest BCUT2D eigenvalue weighted by atomic mass is 16.5. The SMILES string of the molecule is CCCNc1nc(C)cc(Oc2ccc(CO)cc2)n1. The van der Waals surface area contributed by atoms with Crippen molar-refractivity contribution in [3.8, 4) is 11.6 Å². The Labute approximate surface area is 118 Å². The molecule has 0 saturated heterocycles. The molecule has 5 heteroatoms. The molecule has 0 saturated carbocycles. The zero-order chi connectivity index (χ0) is 14.4. The summed E-state index contributed by atoms with van der Waals surface area (Å²) in [6.07, 6.45) is 1.01. The van der Waals surface area contributed by atoms with Crippen LogP contribution < -0.4 is 10.1 Å². The lowest BCUT2D eigenvalue weighted by Crippen LogP contribution is -2.05. The molecule has 0 fully saturated rings. The number of nitrogens with zero attached hydrogens (tertiary/aromatic N) is 2. The maximum Gasteiger partial charge on any atom is 0.226 e. The molecule has 2 rings (SSSR count). The maximum absolute atomic E-state index is 9.00. The Morgan fingerprint density at radius 1 is 1.20 bits per heavy atom. The average molecular weight is 273 g/mol. The summed E-state index contributed by atoms with van der Waals surface area (Å²) in [6.45, 7) is 4.84. The molecule has 1 heterocycles. The van der Waals surface area contributed by atoms with Crippen molar-refractivity contribution in [1.29, 1.82) is 0 Å². The monoisotopic (exact) mass is 273 g/mol. The molecule has 5 nitrogen and oxygen atoms in total. The summed E-state index contributed by atoms with van der Waals surface area (Å²) in [5.74, 6) is 1.77. The van der Waals surface area contributed by atoms with Crippen LogP contribution in [0.3, 0.4) is 0 Å². The minimum absolute atomic E-state index is 0.0258. The molecule has 0 unspecified atom stereocenters. The van der Waals surface area contributed by atoms with Crippen LogP contribution in [0.5, 0.6) is 11.6 Å². The molecule has 1 aromatic carbocycles. The van der Waals surface area contributed by atoms with Crippen LogP contribution in [0, 0.1) is 6.92 Å². The number of hydrogen-bond donors (Lipinski definition) is 2. The van der Waals surface area contributed by atoms with E-state index in [4.69, 9.17) is 9.84 Å². The fourth-order valence-corrected chi connectivity index (χ4v) is 1.69. The predicted molar refractivity (Wildman–Crippen MR) is 78.0 cm³/mol. The van der Waals surface area contributed by atoms with E-state index in [1.165, 1.54) is 0 Å². The topological polar surface area (TPSA) is 67.3 Å². The smallest absolute Gasteiger partial charge is 0.226 e. The number of ether oxygens (including phenoxy) is 1. The van der Waals surface area contributed by atoms with Crippen LogP contribution in [0.4, 0.5) is 5.95 Å². The van der Waals surface area contributed by atoms with E-state index in [9.17, 15) is 0 Å². The van der Waals surface area contributed by atoms with Crippen LogP contribution in [0.1, 0.15) is 24.6 Å². The molecule has 0 aliphatic heterocycles. The molecular weight excluding hydrogens is 254 g/mol. The van der Waals surface area contributed by atoms with Crippen molar-refractivity contribution < 1.29 is 9.84 Å². The molecule has 0 aliphatic carbocycles. The number of rotatable bonds is 6. The molecule has 0 radical (unpaired) electrons. The summed E-state index contributed by atoms with van der Waals surface area (Å²) in [4.78, 5) is 8.62. The quantitative estimate of drug-likeness (QED) is 0.847. The first-order valence-corrected chi connectivity index (χ1v) is 6.68. The van der Waals surface area contributed by atoms with Crippen molar-refractivity contribution in [2.75, 3.05) is 11.9 Å². The summed E-state index contributed by atoms with van der Waals surface area (Å²) in [5, 5.41) is 12.1. The minimum atomic E-state index is 0.0258. The molecule has 1 aromatic heterocycles. The third-order valence-electron chi connectivity index (χ3n) is 2.69. The van der Waals surface area contributed by atoms with Crippen molar-refractivity contribution in [2.24, 2.45) is 0 Å². The van der Waals surface area contributed by atoms with Crippen molar-refractivity contribution in [2.45, 2.75) is 26.9 Å². The van der Waals surface area contributed by atoms with Gasteiger partial charge in [0.15, 0.2) is 0 Å². The zero-order valence-electron chi connectivity index (χ0n) is 11.8. The molecule has 20 heavy (non-hydrogen) atoms. The van der Waals surface area contributed by atoms with Gasteiger partial charge in [-0.3, -0.25) is 0 Å². The van der Waals surface area contributed by atoms with E-state index in [0.717, 1.165) is 24.2 Å². The van der Waals surface area contributed by atoms with E-state index in [1.54, 1.807) is 6.07 Å². The maximum atomic E-state index is 9.00. The van der Waals surface area contributed by atoms with Gasteiger partial charge in [-0.25, -0.2) is 4.98 Å². The van der Waals surface area contributed by atoms with E-state index >= 15 is 0 Å². The van der Waals surface area contributed by atoms with Crippen molar-refractivity contribution in [3.05, 3.63) is 41.6 Å². The average Bonchev–Trinajstić information content (AvgIpc) is 2.45. The second-order valence-corrected chi connectivity index (χ2v) is 4.50. The molecule has 0 spiro atoms. The lowest BCUT2D eigenvalue weighted by molar-refractivity contribution is 0.281. The molecule has 0 bridgehead atoms. The van der Waals surface area contributed by atoms with Gasteiger partial charge >= 0.3 is 0 Å². The van der Waals surface area contributed by atoms with Gasteiger partial charge in [0.1, 0.15) is 5.75 Å². The first kappa shape index (κ1) is 14.3. The van der Waals surface area contributed by atoms with Crippen LogP contribution in [-0.2, 0) is 6.61 Å². The number of aromatic nitrogens is 2. The van der Waals surface area contributed by atoms with Crippen LogP contribution in [0.15, 0.2) is 30.3 Å². The normalized spacial score (nSPS) is 10.3. The Balaban J connectivity index is 2.12. The molecule has 0 amide bonds. The second kappa shape index (κ2) is 6.86. The summed E-state index contributed by atoms with van der Waals surface area (Å²) in [5.41, 5.74) is 1.70. The van der Waals surface area contributed by atoms with Gasteiger partial charge in [0.25, 0.3) is 0 Å². The van der Waals surface area contributed by atoms with Crippen molar-refractivity contribution in [1.82, 2.24) is 9.97 Å². The van der Waals surface area contributed by atoms with Crippen LogP contribution in [0.25, 0.3) is 0 Å². The van der Waals surface area contributed by atoms with Crippen LogP contribution >= 0.6 is 0 Å². The van der Waals surface area contributed by atoms with E-state index in [-0.39, 0.29) is 6.61 Å². The lowest BCUT2D eigenvalue weighted by atomic mass is 10.2. The highest BCUT2D eigenvalue weighted by Gasteiger charge is 2.04. The van der Waals surface area contributed by atoms with Gasteiger partial charge in [0.2, 0.25) is 11.8 Å². The van der Waals surface area contributed by atoms with Gasteiger partial charge in [0.05, 0.1) is 6.61 Å². The highest BCUT2D eigenvalue weighted by molar-refractivity contribution is 5.34. The lowest BCUT2D eigenvalue weighted by Gasteiger charge is -2.09. The first-order valence-electron chi connectivity index (χ1n) is 6.68. The number of aliphatic hydroxyl groups is 1. The second-order valence-electron chi connectivity index (χ2n) is 4.50. The number of nitrogens with one attached hydrogen (secondary N) is 1. The molecule has 0 aliphatic rings. The van der Waals surface area contributed by atoms with Crippen LogP contribution in [0.2, 0.25) is 0 Å². The standard InChI is InChI=1S/C15H19N3O2/c1-3-8-16-15-17-11(2)9-14(18-15)20-13-6-4-12(10-19)5-7-13/h4-7,9,19H,3,8,10H2,1-2H3,(H,16,17,18). The molecule has 2 N–H and O–H groups in total. The Morgan fingerprint density at radius 2 is 1.95 bits per heavy atom. The molecular formula is C15H19N3O2. The number of aryl methyl sites for hydroxylation is 1. The Kier molecular flexibility index (Phi) is 4.90. The first-order chi connectivity index (χ1) is 9.71. The van der Waals surface area contributed by atoms with Gasteiger partial charge in [-0.2, -0.15) is 4.98 Å². The highest BCUT2D eigenvalue weighted by Crippen LogP contribution is 2.21. The van der Waals surface area contributed by atoms with E-state index in [0.29, 0.717) is 17.6 Å². The number of benzene rings is 1.